The molecular weight excluding hydrogens is 162 g/mol. The molecule has 70 valence electrons. The highest BCUT2D eigenvalue weighted by Crippen LogP contribution is 2.16. The number of carbonyl (C=O) groups is 1. The van der Waals surface area contributed by atoms with E-state index in [9.17, 15) is 9.90 Å². The molecule has 4 N–H and O–H groups in total. The number of aliphatic hydroxyl groups is 2. The SMILES string of the molecule is O=C(O)[C@@H]1CNC[C@H](CO)[C@@H]1O. The summed E-state index contributed by atoms with van der Waals surface area (Å²) in [6.07, 6.45) is -0.936. The molecule has 0 aromatic carbocycles. The summed E-state index contributed by atoms with van der Waals surface area (Å²) < 4.78 is 0. The molecule has 3 atom stereocenters. The Morgan fingerprint density at radius 1 is 1.50 bits per heavy atom. The Bertz CT molecular complexity index is 173. The predicted molar refractivity (Wildman–Crippen MR) is 40.6 cm³/mol. The zero-order chi connectivity index (χ0) is 9.14. The van der Waals surface area contributed by atoms with E-state index in [1.54, 1.807) is 0 Å². The number of carboxylic acids is 1. The van der Waals surface area contributed by atoms with Crippen LogP contribution in [-0.4, -0.2) is 47.1 Å². The molecule has 0 amide bonds. The number of aliphatic hydroxyl groups excluding tert-OH is 2. The van der Waals surface area contributed by atoms with Gasteiger partial charge in [0.05, 0.1) is 12.0 Å². The normalized spacial score (nSPS) is 36.3. The maximum atomic E-state index is 10.5. The molecule has 0 saturated carbocycles. The maximum Gasteiger partial charge on any atom is 0.310 e. The highest BCUT2D eigenvalue weighted by molar-refractivity contribution is 5.71. The number of carboxylic acid groups (broad SMARTS) is 1. The van der Waals surface area contributed by atoms with Crippen LogP contribution in [0.5, 0.6) is 0 Å². The van der Waals surface area contributed by atoms with Crippen LogP contribution < -0.4 is 5.32 Å². The van der Waals surface area contributed by atoms with Crippen molar-refractivity contribution < 1.29 is 20.1 Å². The minimum atomic E-state index is -1.02. The van der Waals surface area contributed by atoms with Crippen molar-refractivity contribution >= 4 is 5.97 Å². The van der Waals surface area contributed by atoms with Crippen molar-refractivity contribution in [1.82, 2.24) is 5.32 Å². The van der Waals surface area contributed by atoms with Crippen molar-refractivity contribution in [3.63, 3.8) is 0 Å². The molecule has 0 unspecified atom stereocenters. The van der Waals surface area contributed by atoms with Crippen LogP contribution in [0, 0.1) is 11.8 Å². The first-order valence-electron chi connectivity index (χ1n) is 3.89. The summed E-state index contributed by atoms with van der Waals surface area (Å²) in [6.45, 7) is 0.562. The van der Waals surface area contributed by atoms with E-state index in [-0.39, 0.29) is 19.1 Å². The van der Waals surface area contributed by atoms with Crippen molar-refractivity contribution in [2.45, 2.75) is 6.10 Å². The van der Waals surface area contributed by atoms with Crippen molar-refractivity contribution in [2.75, 3.05) is 19.7 Å². The lowest BCUT2D eigenvalue weighted by atomic mass is 9.88. The Balaban J connectivity index is 2.59. The maximum absolute atomic E-state index is 10.5. The van der Waals surface area contributed by atoms with Gasteiger partial charge in [-0.15, -0.1) is 0 Å². The molecule has 1 saturated heterocycles. The Hall–Kier alpha value is -0.650. The van der Waals surface area contributed by atoms with E-state index in [1.807, 2.05) is 0 Å². The van der Waals surface area contributed by atoms with Gasteiger partial charge in [0.2, 0.25) is 0 Å². The molecule has 0 aliphatic carbocycles. The molecule has 5 heteroatoms. The monoisotopic (exact) mass is 175 g/mol. The summed E-state index contributed by atoms with van der Waals surface area (Å²) >= 11 is 0. The lowest BCUT2D eigenvalue weighted by Gasteiger charge is -2.31. The van der Waals surface area contributed by atoms with Gasteiger partial charge in [-0.2, -0.15) is 0 Å². The summed E-state index contributed by atoms with van der Waals surface area (Å²) in [5, 5.41) is 29.7. The summed E-state index contributed by atoms with van der Waals surface area (Å²) in [5.41, 5.74) is 0. The van der Waals surface area contributed by atoms with Gasteiger partial charge < -0.3 is 20.6 Å². The lowest BCUT2D eigenvalue weighted by Crippen LogP contribution is -2.51. The van der Waals surface area contributed by atoms with Gasteiger partial charge in [-0.3, -0.25) is 4.79 Å². The topological polar surface area (TPSA) is 89.8 Å². The van der Waals surface area contributed by atoms with Crippen LogP contribution in [0.1, 0.15) is 0 Å². The van der Waals surface area contributed by atoms with E-state index in [1.165, 1.54) is 0 Å². The Morgan fingerprint density at radius 2 is 2.17 bits per heavy atom. The van der Waals surface area contributed by atoms with E-state index >= 15 is 0 Å². The zero-order valence-corrected chi connectivity index (χ0v) is 6.60. The zero-order valence-electron chi connectivity index (χ0n) is 6.60. The highest BCUT2D eigenvalue weighted by Gasteiger charge is 2.35. The van der Waals surface area contributed by atoms with Crippen LogP contribution in [0.15, 0.2) is 0 Å². The average Bonchev–Trinajstić information content (AvgIpc) is 2.04. The van der Waals surface area contributed by atoms with Crippen LogP contribution in [0.2, 0.25) is 0 Å². The van der Waals surface area contributed by atoms with Gasteiger partial charge in [-0.1, -0.05) is 0 Å². The van der Waals surface area contributed by atoms with Crippen LogP contribution >= 0.6 is 0 Å². The Labute approximate surface area is 70.0 Å². The van der Waals surface area contributed by atoms with E-state index in [0.717, 1.165) is 0 Å². The highest BCUT2D eigenvalue weighted by atomic mass is 16.4. The first-order valence-corrected chi connectivity index (χ1v) is 3.89. The van der Waals surface area contributed by atoms with E-state index in [2.05, 4.69) is 5.32 Å². The van der Waals surface area contributed by atoms with E-state index < -0.39 is 18.0 Å². The molecule has 0 aromatic heterocycles. The third-order valence-electron chi connectivity index (χ3n) is 2.22. The number of hydrogen-bond donors (Lipinski definition) is 4. The summed E-state index contributed by atoms with van der Waals surface area (Å²) in [6, 6.07) is 0. The molecule has 0 bridgehead atoms. The summed E-state index contributed by atoms with van der Waals surface area (Å²) in [4.78, 5) is 10.5. The quantitative estimate of drug-likeness (QED) is 0.400. The minimum absolute atomic E-state index is 0.183. The van der Waals surface area contributed by atoms with E-state index in [0.29, 0.717) is 6.54 Å². The van der Waals surface area contributed by atoms with E-state index in [4.69, 9.17) is 10.2 Å². The first-order chi connectivity index (χ1) is 5.66. The molecule has 1 aliphatic heterocycles. The summed E-state index contributed by atoms with van der Waals surface area (Å²) in [7, 11) is 0. The van der Waals surface area contributed by atoms with Gasteiger partial charge in [0, 0.05) is 25.6 Å². The Kier molecular flexibility index (Phi) is 3.02. The molecule has 5 nitrogen and oxygen atoms in total. The summed E-state index contributed by atoms with van der Waals surface area (Å²) in [5.74, 6) is -2.18. The molecule has 0 aromatic rings. The van der Waals surface area contributed by atoms with Crippen molar-refractivity contribution in [3.05, 3.63) is 0 Å². The fourth-order valence-electron chi connectivity index (χ4n) is 1.40. The number of nitrogens with one attached hydrogen (secondary N) is 1. The van der Waals surface area contributed by atoms with Gasteiger partial charge in [0.25, 0.3) is 0 Å². The molecule has 1 fully saturated rings. The molecule has 0 radical (unpaired) electrons. The number of rotatable bonds is 2. The second kappa shape index (κ2) is 3.84. The fraction of sp³-hybridized carbons (Fsp3) is 0.857. The molecule has 1 heterocycles. The third kappa shape index (κ3) is 1.74. The van der Waals surface area contributed by atoms with Crippen LogP contribution in [0.25, 0.3) is 0 Å². The lowest BCUT2D eigenvalue weighted by molar-refractivity contribution is -0.148. The molecular formula is C7H13NO4. The van der Waals surface area contributed by atoms with Gasteiger partial charge in [-0.05, 0) is 0 Å². The van der Waals surface area contributed by atoms with Gasteiger partial charge in [0.1, 0.15) is 0 Å². The number of piperidine rings is 1. The number of hydrogen-bond acceptors (Lipinski definition) is 4. The molecule has 12 heavy (non-hydrogen) atoms. The second-order valence-electron chi connectivity index (χ2n) is 3.04. The molecule has 1 aliphatic rings. The van der Waals surface area contributed by atoms with Crippen LogP contribution in [0.4, 0.5) is 0 Å². The molecule has 1 rings (SSSR count). The average molecular weight is 175 g/mol. The smallest absolute Gasteiger partial charge is 0.310 e. The largest absolute Gasteiger partial charge is 0.481 e. The second-order valence-corrected chi connectivity index (χ2v) is 3.04. The van der Waals surface area contributed by atoms with Crippen molar-refractivity contribution in [1.29, 1.82) is 0 Å². The van der Waals surface area contributed by atoms with Crippen molar-refractivity contribution in [2.24, 2.45) is 11.8 Å². The molecule has 0 spiro atoms. The minimum Gasteiger partial charge on any atom is -0.481 e. The van der Waals surface area contributed by atoms with Gasteiger partial charge in [-0.25, -0.2) is 0 Å². The van der Waals surface area contributed by atoms with Crippen molar-refractivity contribution in [3.8, 4) is 0 Å². The Morgan fingerprint density at radius 3 is 2.67 bits per heavy atom. The first kappa shape index (κ1) is 9.44. The van der Waals surface area contributed by atoms with Gasteiger partial charge >= 0.3 is 5.97 Å². The van der Waals surface area contributed by atoms with Gasteiger partial charge in [0.15, 0.2) is 0 Å². The third-order valence-corrected chi connectivity index (χ3v) is 2.22. The number of aliphatic carboxylic acids is 1. The van der Waals surface area contributed by atoms with Crippen LogP contribution in [-0.2, 0) is 4.79 Å². The van der Waals surface area contributed by atoms with Crippen LogP contribution in [0.3, 0.4) is 0 Å². The standard InChI is InChI=1S/C7H13NO4/c9-3-4-1-8-2-5(6(4)10)7(11)12/h4-6,8-10H,1-3H2,(H,11,12)/t4-,5-,6+/m1/s1. The fourth-order valence-corrected chi connectivity index (χ4v) is 1.40. The predicted octanol–water partition coefficient (Wildman–Crippen LogP) is -1.74.